The molecule has 2 N–H and O–H groups in total. The van der Waals surface area contributed by atoms with Crippen molar-refractivity contribution in [2.24, 2.45) is 5.73 Å². The normalized spacial score (nSPS) is 10.4. The van der Waals surface area contributed by atoms with Crippen LogP contribution in [0.1, 0.15) is 5.69 Å². The van der Waals surface area contributed by atoms with Crippen LogP contribution in [0.5, 0.6) is 5.75 Å². The lowest BCUT2D eigenvalue weighted by Crippen LogP contribution is -2.04. The molecule has 0 amide bonds. The minimum atomic E-state index is 0.550. The fraction of sp³-hybridized carbons (Fsp3) is 0.250. The summed E-state index contributed by atoms with van der Waals surface area (Å²) in [6, 6.07) is 7.77. The number of hydrogen-bond donors (Lipinski definition) is 1. The van der Waals surface area contributed by atoms with Gasteiger partial charge in [-0.1, -0.05) is 23.4 Å². The number of nitrogens with zero attached hydrogens (tertiary/aromatic N) is 1. The van der Waals surface area contributed by atoms with Crippen molar-refractivity contribution in [1.82, 2.24) is 5.16 Å². The van der Waals surface area contributed by atoms with Crippen molar-refractivity contribution in [2.75, 3.05) is 13.7 Å². The molecule has 16 heavy (non-hydrogen) atoms. The fourth-order valence-corrected chi connectivity index (χ4v) is 1.66. The summed E-state index contributed by atoms with van der Waals surface area (Å²) in [5.41, 5.74) is 8.32. The SMILES string of the molecule is COc1ccccc1-c1conc1CCN. The Labute approximate surface area is 94.0 Å². The van der Waals surface area contributed by atoms with Gasteiger partial charge in [0.2, 0.25) is 0 Å². The highest BCUT2D eigenvalue weighted by Crippen LogP contribution is 2.31. The first-order chi connectivity index (χ1) is 7.86. The highest BCUT2D eigenvalue weighted by Gasteiger charge is 2.12. The van der Waals surface area contributed by atoms with Crippen molar-refractivity contribution in [3.63, 3.8) is 0 Å². The number of aromatic nitrogens is 1. The number of ether oxygens (including phenoxy) is 1. The Hall–Kier alpha value is -1.81. The Morgan fingerprint density at radius 3 is 2.88 bits per heavy atom. The van der Waals surface area contributed by atoms with Crippen molar-refractivity contribution in [3.05, 3.63) is 36.2 Å². The van der Waals surface area contributed by atoms with Crippen molar-refractivity contribution >= 4 is 0 Å². The van der Waals surface area contributed by atoms with Crippen LogP contribution in [0.25, 0.3) is 11.1 Å². The van der Waals surface area contributed by atoms with E-state index in [4.69, 9.17) is 15.0 Å². The van der Waals surface area contributed by atoms with Crippen LogP contribution in [0.2, 0.25) is 0 Å². The predicted octanol–water partition coefficient (Wildman–Crippen LogP) is 1.85. The van der Waals surface area contributed by atoms with Gasteiger partial charge < -0.3 is 15.0 Å². The van der Waals surface area contributed by atoms with Crippen LogP contribution in [0.4, 0.5) is 0 Å². The van der Waals surface area contributed by atoms with Crippen LogP contribution >= 0.6 is 0 Å². The highest BCUT2D eigenvalue weighted by molar-refractivity contribution is 5.71. The van der Waals surface area contributed by atoms with Crippen molar-refractivity contribution in [1.29, 1.82) is 0 Å². The maximum absolute atomic E-state index is 5.52. The zero-order valence-corrected chi connectivity index (χ0v) is 9.14. The van der Waals surface area contributed by atoms with E-state index in [0.717, 1.165) is 22.6 Å². The first-order valence-electron chi connectivity index (χ1n) is 5.13. The van der Waals surface area contributed by atoms with E-state index in [0.29, 0.717) is 13.0 Å². The minimum Gasteiger partial charge on any atom is -0.496 e. The van der Waals surface area contributed by atoms with Crippen molar-refractivity contribution in [2.45, 2.75) is 6.42 Å². The summed E-state index contributed by atoms with van der Waals surface area (Å²) in [4.78, 5) is 0. The van der Waals surface area contributed by atoms with Crippen molar-refractivity contribution < 1.29 is 9.26 Å². The van der Waals surface area contributed by atoms with Gasteiger partial charge in [0.05, 0.1) is 12.8 Å². The van der Waals surface area contributed by atoms with Gasteiger partial charge in [0.25, 0.3) is 0 Å². The molecule has 0 unspecified atom stereocenters. The van der Waals surface area contributed by atoms with Gasteiger partial charge in [0.1, 0.15) is 12.0 Å². The first kappa shape index (κ1) is 10.7. The lowest BCUT2D eigenvalue weighted by Gasteiger charge is -2.06. The first-order valence-corrected chi connectivity index (χ1v) is 5.13. The van der Waals surface area contributed by atoms with Crippen LogP contribution in [-0.2, 0) is 6.42 Å². The number of benzene rings is 1. The molecule has 0 saturated carbocycles. The Morgan fingerprint density at radius 1 is 1.31 bits per heavy atom. The van der Waals surface area contributed by atoms with Gasteiger partial charge in [-0.15, -0.1) is 0 Å². The third-order valence-electron chi connectivity index (χ3n) is 2.42. The summed E-state index contributed by atoms with van der Waals surface area (Å²) < 4.78 is 10.3. The predicted molar refractivity (Wildman–Crippen MR) is 61.2 cm³/mol. The van der Waals surface area contributed by atoms with Crippen LogP contribution < -0.4 is 10.5 Å². The molecule has 0 radical (unpaired) electrons. The van der Waals surface area contributed by atoms with Gasteiger partial charge in [0, 0.05) is 17.5 Å². The highest BCUT2D eigenvalue weighted by atomic mass is 16.5. The topological polar surface area (TPSA) is 61.3 Å². The van der Waals surface area contributed by atoms with Gasteiger partial charge >= 0.3 is 0 Å². The molecule has 0 aliphatic heterocycles. The monoisotopic (exact) mass is 218 g/mol. The smallest absolute Gasteiger partial charge is 0.132 e. The molecule has 0 bridgehead atoms. The fourth-order valence-electron chi connectivity index (χ4n) is 1.66. The summed E-state index contributed by atoms with van der Waals surface area (Å²) in [6.07, 6.45) is 2.33. The average molecular weight is 218 g/mol. The molecular formula is C12H14N2O2. The largest absolute Gasteiger partial charge is 0.496 e. The molecule has 0 spiro atoms. The number of methoxy groups -OCH3 is 1. The Morgan fingerprint density at radius 2 is 2.12 bits per heavy atom. The molecule has 0 aliphatic carbocycles. The number of rotatable bonds is 4. The number of para-hydroxylation sites is 1. The van der Waals surface area contributed by atoms with Gasteiger partial charge in [-0.2, -0.15) is 0 Å². The van der Waals surface area contributed by atoms with Gasteiger partial charge in [-0.3, -0.25) is 0 Å². The average Bonchev–Trinajstić information content (AvgIpc) is 2.77. The molecule has 0 saturated heterocycles. The second-order valence-corrected chi connectivity index (χ2v) is 3.41. The minimum absolute atomic E-state index is 0.550. The lowest BCUT2D eigenvalue weighted by atomic mass is 10.0. The van der Waals surface area contributed by atoms with Crippen molar-refractivity contribution in [3.8, 4) is 16.9 Å². The maximum Gasteiger partial charge on any atom is 0.132 e. The molecule has 1 heterocycles. The lowest BCUT2D eigenvalue weighted by molar-refractivity contribution is 0.411. The molecule has 4 heteroatoms. The summed E-state index contributed by atoms with van der Waals surface area (Å²) in [6.45, 7) is 0.550. The molecule has 0 atom stereocenters. The zero-order valence-electron chi connectivity index (χ0n) is 9.14. The third kappa shape index (κ3) is 1.92. The quantitative estimate of drug-likeness (QED) is 0.850. The van der Waals surface area contributed by atoms with Gasteiger partial charge in [0.15, 0.2) is 0 Å². The molecule has 0 fully saturated rings. The van der Waals surface area contributed by atoms with E-state index >= 15 is 0 Å². The van der Waals surface area contributed by atoms with Gasteiger partial charge in [-0.25, -0.2) is 0 Å². The van der Waals surface area contributed by atoms with E-state index < -0.39 is 0 Å². The third-order valence-corrected chi connectivity index (χ3v) is 2.42. The second kappa shape index (κ2) is 4.81. The van der Waals surface area contributed by atoms with E-state index in [1.807, 2.05) is 24.3 Å². The van der Waals surface area contributed by atoms with Crippen LogP contribution in [0.15, 0.2) is 35.1 Å². The molecule has 84 valence electrons. The van der Waals surface area contributed by atoms with E-state index in [1.165, 1.54) is 0 Å². The van der Waals surface area contributed by atoms with E-state index in [1.54, 1.807) is 13.4 Å². The summed E-state index contributed by atoms with van der Waals surface area (Å²) in [5, 5.41) is 3.95. The number of hydrogen-bond acceptors (Lipinski definition) is 4. The molecular weight excluding hydrogens is 204 g/mol. The Bertz CT molecular complexity index is 466. The molecule has 0 aliphatic rings. The standard InChI is InChI=1S/C12H14N2O2/c1-15-12-5-3-2-4-9(12)10-8-16-14-11(10)6-7-13/h2-5,8H,6-7,13H2,1H3. The Kier molecular flexibility index (Phi) is 3.22. The Balaban J connectivity index is 2.45. The summed E-state index contributed by atoms with van der Waals surface area (Å²) >= 11 is 0. The zero-order chi connectivity index (χ0) is 11.4. The van der Waals surface area contributed by atoms with Gasteiger partial charge in [-0.05, 0) is 12.6 Å². The number of nitrogens with two attached hydrogens (primary N) is 1. The van der Waals surface area contributed by atoms with E-state index in [9.17, 15) is 0 Å². The van der Waals surface area contributed by atoms with Crippen LogP contribution in [-0.4, -0.2) is 18.8 Å². The van der Waals surface area contributed by atoms with E-state index in [-0.39, 0.29) is 0 Å². The maximum atomic E-state index is 5.52. The molecule has 2 aromatic rings. The van der Waals surface area contributed by atoms with Crippen LogP contribution in [0, 0.1) is 0 Å². The molecule has 1 aromatic heterocycles. The van der Waals surface area contributed by atoms with E-state index in [2.05, 4.69) is 5.16 Å². The summed E-state index contributed by atoms with van der Waals surface area (Å²) in [5.74, 6) is 0.809. The summed E-state index contributed by atoms with van der Waals surface area (Å²) in [7, 11) is 1.65. The second-order valence-electron chi connectivity index (χ2n) is 3.41. The molecule has 4 nitrogen and oxygen atoms in total. The van der Waals surface area contributed by atoms with Crippen LogP contribution in [0.3, 0.4) is 0 Å². The molecule has 2 rings (SSSR count). The molecule has 1 aromatic carbocycles.